The van der Waals surface area contributed by atoms with E-state index in [9.17, 15) is 0 Å². The second-order valence-electron chi connectivity index (χ2n) is 4.75. The Morgan fingerprint density at radius 1 is 1.21 bits per heavy atom. The van der Waals surface area contributed by atoms with Crippen LogP contribution in [0.15, 0.2) is 42.5 Å². The summed E-state index contributed by atoms with van der Waals surface area (Å²) in [6, 6.07) is 16.1. The second kappa shape index (κ2) is 4.95. The van der Waals surface area contributed by atoms with Crippen LogP contribution in [0.3, 0.4) is 0 Å². The molecule has 0 aliphatic heterocycles. The van der Waals surface area contributed by atoms with Gasteiger partial charge >= 0.3 is 0 Å². The summed E-state index contributed by atoms with van der Waals surface area (Å²) in [5.74, 6) is 0.529. The molecule has 1 N–H and O–H groups in total. The van der Waals surface area contributed by atoms with Crippen LogP contribution < -0.4 is 5.32 Å². The van der Waals surface area contributed by atoms with Crippen molar-refractivity contribution in [3.63, 3.8) is 0 Å². The van der Waals surface area contributed by atoms with Crippen LogP contribution in [0, 0.1) is 11.3 Å². The molecule has 1 aliphatic carbocycles. The summed E-state index contributed by atoms with van der Waals surface area (Å²) in [4.78, 5) is 0. The Kier molecular flexibility index (Phi) is 3.15. The molecule has 0 spiro atoms. The van der Waals surface area contributed by atoms with Crippen molar-refractivity contribution >= 4 is 17.3 Å². The standard InChI is InChI=1S/C16H13ClN2/c17-15-6-3-7-16(14(15)9-18)19-10-12-8-11-4-1-2-5-13(11)12/h1-7,12,19H,8,10H2. The molecule has 3 heteroatoms. The van der Waals surface area contributed by atoms with Gasteiger partial charge in [-0.3, -0.25) is 0 Å². The molecule has 0 heterocycles. The van der Waals surface area contributed by atoms with Crippen LogP contribution in [-0.2, 0) is 6.42 Å². The first-order valence-corrected chi connectivity index (χ1v) is 6.67. The number of halogens is 1. The van der Waals surface area contributed by atoms with Crippen LogP contribution in [0.5, 0.6) is 0 Å². The first kappa shape index (κ1) is 12.1. The van der Waals surface area contributed by atoms with Gasteiger partial charge in [-0.1, -0.05) is 41.9 Å². The molecule has 0 radical (unpaired) electrons. The quantitative estimate of drug-likeness (QED) is 0.914. The number of hydrogen-bond acceptors (Lipinski definition) is 2. The summed E-state index contributed by atoms with van der Waals surface area (Å²) < 4.78 is 0. The lowest BCUT2D eigenvalue weighted by atomic mass is 9.77. The third-order valence-electron chi connectivity index (χ3n) is 3.63. The van der Waals surface area contributed by atoms with Gasteiger partial charge in [-0.2, -0.15) is 5.26 Å². The monoisotopic (exact) mass is 268 g/mol. The molecule has 0 saturated heterocycles. The minimum atomic E-state index is 0.501. The smallest absolute Gasteiger partial charge is 0.103 e. The summed E-state index contributed by atoms with van der Waals surface area (Å²) in [6.45, 7) is 0.839. The SMILES string of the molecule is N#Cc1c(Cl)cccc1NCC1Cc2ccccc21. The molecule has 0 amide bonds. The maximum atomic E-state index is 9.12. The first-order valence-electron chi connectivity index (χ1n) is 6.30. The molecular weight excluding hydrogens is 256 g/mol. The average Bonchev–Trinajstić information content (AvgIpc) is 2.40. The topological polar surface area (TPSA) is 35.8 Å². The predicted octanol–water partition coefficient (Wildman–Crippen LogP) is 3.96. The minimum absolute atomic E-state index is 0.501. The molecule has 1 aliphatic rings. The van der Waals surface area contributed by atoms with Crippen LogP contribution in [0.25, 0.3) is 0 Å². The van der Waals surface area contributed by atoms with Gasteiger partial charge in [0.15, 0.2) is 0 Å². The van der Waals surface area contributed by atoms with E-state index < -0.39 is 0 Å². The van der Waals surface area contributed by atoms with E-state index in [1.807, 2.05) is 12.1 Å². The van der Waals surface area contributed by atoms with Gasteiger partial charge in [0.05, 0.1) is 16.3 Å². The highest BCUT2D eigenvalue weighted by molar-refractivity contribution is 6.32. The Bertz CT molecular complexity index is 658. The minimum Gasteiger partial charge on any atom is -0.383 e. The van der Waals surface area contributed by atoms with Gasteiger partial charge in [-0.15, -0.1) is 0 Å². The summed E-state index contributed by atoms with van der Waals surface area (Å²) in [5.41, 5.74) is 4.19. The van der Waals surface area contributed by atoms with Gasteiger partial charge in [-0.25, -0.2) is 0 Å². The van der Waals surface area contributed by atoms with E-state index in [-0.39, 0.29) is 0 Å². The average molecular weight is 269 g/mol. The molecule has 1 unspecified atom stereocenters. The lowest BCUT2D eigenvalue weighted by Crippen LogP contribution is -2.24. The zero-order valence-corrected chi connectivity index (χ0v) is 11.1. The Morgan fingerprint density at radius 2 is 2.05 bits per heavy atom. The molecule has 0 fully saturated rings. The molecule has 2 aromatic carbocycles. The molecule has 0 bridgehead atoms. The van der Waals surface area contributed by atoms with Gasteiger partial charge < -0.3 is 5.32 Å². The number of anilines is 1. The number of nitrogens with zero attached hydrogens (tertiary/aromatic N) is 1. The predicted molar refractivity (Wildman–Crippen MR) is 77.5 cm³/mol. The molecule has 0 aromatic heterocycles. The van der Waals surface area contributed by atoms with Gasteiger partial charge in [0.25, 0.3) is 0 Å². The van der Waals surface area contributed by atoms with E-state index in [0.29, 0.717) is 16.5 Å². The number of nitrogens with one attached hydrogen (secondary N) is 1. The van der Waals surface area contributed by atoms with Gasteiger partial charge in [0.2, 0.25) is 0 Å². The number of nitriles is 1. The molecule has 1 atom stereocenters. The maximum Gasteiger partial charge on any atom is 0.103 e. The number of benzene rings is 2. The molecule has 2 aromatic rings. The van der Waals surface area contributed by atoms with E-state index >= 15 is 0 Å². The van der Waals surface area contributed by atoms with E-state index in [4.69, 9.17) is 16.9 Å². The Balaban J connectivity index is 1.72. The summed E-state index contributed by atoms with van der Waals surface area (Å²) >= 11 is 6.01. The zero-order valence-electron chi connectivity index (χ0n) is 10.4. The fraction of sp³-hybridized carbons (Fsp3) is 0.188. The van der Waals surface area contributed by atoms with Crippen molar-refractivity contribution in [2.45, 2.75) is 12.3 Å². The van der Waals surface area contributed by atoms with Gasteiger partial charge in [-0.05, 0) is 29.7 Å². The van der Waals surface area contributed by atoms with E-state index in [0.717, 1.165) is 18.7 Å². The van der Waals surface area contributed by atoms with Crippen molar-refractivity contribution in [1.29, 1.82) is 5.26 Å². The van der Waals surface area contributed by atoms with Crippen LogP contribution in [0.1, 0.15) is 22.6 Å². The second-order valence-corrected chi connectivity index (χ2v) is 5.16. The third-order valence-corrected chi connectivity index (χ3v) is 3.94. The Hall–Kier alpha value is -1.98. The van der Waals surface area contributed by atoms with Gasteiger partial charge in [0, 0.05) is 12.5 Å². The highest BCUT2D eigenvalue weighted by Gasteiger charge is 2.25. The highest BCUT2D eigenvalue weighted by atomic mass is 35.5. The molecule has 3 rings (SSSR count). The van der Waals surface area contributed by atoms with Crippen molar-refractivity contribution in [2.24, 2.45) is 0 Å². The van der Waals surface area contributed by atoms with Crippen LogP contribution in [-0.4, -0.2) is 6.54 Å². The van der Waals surface area contributed by atoms with Crippen molar-refractivity contribution in [3.05, 3.63) is 64.2 Å². The van der Waals surface area contributed by atoms with Crippen LogP contribution >= 0.6 is 11.6 Å². The van der Waals surface area contributed by atoms with Gasteiger partial charge in [0.1, 0.15) is 6.07 Å². The van der Waals surface area contributed by atoms with Crippen molar-refractivity contribution in [2.75, 3.05) is 11.9 Å². The van der Waals surface area contributed by atoms with E-state index in [1.54, 1.807) is 6.07 Å². The summed E-state index contributed by atoms with van der Waals surface area (Å²) in [5, 5.41) is 13.0. The third kappa shape index (κ3) is 2.18. The molecule has 19 heavy (non-hydrogen) atoms. The first-order chi connectivity index (χ1) is 9.29. The summed E-state index contributed by atoms with van der Waals surface area (Å²) in [7, 11) is 0. The highest BCUT2D eigenvalue weighted by Crippen LogP contribution is 2.35. The molecular formula is C16H13ClN2. The zero-order chi connectivity index (χ0) is 13.2. The van der Waals surface area contributed by atoms with Crippen molar-refractivity contribution in [1.82, 2.24) is 0 Å². The summed E-state index contributed by atoms with van der Waals surface area (Å²) in [6.07, 6.45) is 1.10. The Morgan fingerprint density at radius 3 is 2.84 bits per heavy atom. The lowest BCUT2D eigenvalue weighted by Gasteiger charge is -2.30. The van der Waals surface area contributed by atoms with Crippen LogP contribution in [0.2, 0.25) is 5.02 Å². The fourth-order valence-corrected chi connectivity index (χ4v) is 2.78. The normalized spacial score (nSPS) is 16.1. The number of rotatable bonds is 3. The fourth-order valence-electron chi connectivity index (χ4n) is 2.56. The largest absolute Gasteiger partial charge is 0.383 e. The van der Waals surface area contributed by atoms with E-state index in [1.165, 1.54) is 11.1 Å². The van der Waals surface area contributed by atoms with Crippen LogP contribution in [0.4, 0.5) is 5.69 Å². The van der Waals surface area contributed by atoms with E-state index in [2.05, 4.69) is 35.7 Å². The van der Waals surface area contributed by atoms with Crippen molar-refractivity contribution < 1.29 is 0 Å². The van der Waals surface area contributed by atoms with Crippen molar-refractivity contribution in [3.8, 4) is 6.07 Å². The number of fused-ring (bicyclic) bond motifs is 1. The maximum absolute atomic E-state index is 9.12. The molecule has 2 nitrogen and oxygen atoms in total. The number of hydrogen-bond donors (Lipinski definition) is 1. The molecule has 94 valence electrons. The lowest BCUT2D eigenvalue weighted by molar-refractivity contribution is 0.636. The molecule has 0 saturated carbocycles. The Labute approximate surface area is 117 Å².